The Morgan fingerprint density at radius 3 is 3.17 bits per heavy atom. The summed E-state index contributed by atoms with van der Waals surface area (Å²) in [5, 5.41) is 0. The number of aromatic nitrogens is 2. The number of methoxy groups -OCH3 is 1. The minimum Gasteiger partial charge on any atom is -0.383 e. The first-order valence-electron chi connectivity index (χ1n) is 8.56. The molecule has 1 amide bonds. The third-order valence-corrected chi connectivity index (χ3v) is 4.74. The van der Waals surface area contributed by atoms with Gasteiger partial charge in [0, 0.05) is 40.0 Å². The van der Waals surface area contributed by atoms with Gasteiger partial charge in [0.2, 0.25) is 5.91 Å². The minimum atomic E-state index is 0.0831. The predicted octanol–water partition coefficient (Wildman–Crippen LogP) is 1.65. The van der Waals surface area contributed by atoms with E-state index in [1.165, 1.54) is 5.69 Å². The van der Waals surface area contributed by atoms with Crippen LogP contribution in [0.15, 0.2) is 30.6 Å². The first-order valence-corrected chi connectivity index (χ1v) is 8.56. The zero-order valence-electron chi connectivity index (χ0n) is 14.5. The van der Waals surface area contributed by atoms with Crippen LogP contribution in [0.5, 0.6) is 0 Å². The fraction of sp³-hybridized carbons (Fsp3) is 0.556. The van der Waals surface area contributed by atoms with Crippen molar-refractivity contribution in [3.05, 3.63) is 36.3 Å². The maximum absolute atomic E-state index is 12.6. The Labute approximate surface area is 143 Å². The van der Waals surface area contributed by atoms with Crippen LogP contribution < -0.4 is 0 Å². The molecule has 6 nitrogen and oxygen atoms in total. The smallest absolute Gasteiger partial charge is 0.226 e. The number of hydrogen-bond donors (Lipinski definition) is 0. The fourth-order valence-corrected chi connectivity index (χ4v) is 3.38. The lowest BCUT2D eigenvalue weighted by Gasteiger charge is -2.33. The molecule has 3 rings (SSSR count). The second-order valence-corrected chi connectivity index (χ2v) is 6.51. The normalized spacial score (nSPS) is 18.8. The summed E-state index contributed by atoms with van der Waals surface area (Å²) in [5.74, 6) is 0.315. The largest absolute Gasteiger partial charge is 0.383 e. The molecule has 24 heavy (non-hydrogen) atoms. The Morgan fingerprint density at radius 1 is 1.46 bits per heavy atom. The predicted molar refractivity (Wildman–Crippen MR) is 92.7 cm³/mol. The quantitative estimate of drug-likeness (QED) is 0.808. The number of imidazole rings is 1. The number of fused-ring (bicyclic) bond motifs is 1. The van der Waals surface area contributed by atoms with Gasteiger partial charge < -0.3 is 14.0 Å². The lowest BCUT2D eigenvalue weighted by Crippen LogP contribution is -2.44. The average Bonchev–Trinajstić information content (AvgIpc) is 3.02. The second-order valence-electron chi connectivity index (χ2n) is 6.51. The fourth-order valence-electron chi connectivity index (χ4n) is 3.38. The Morgan fingerprint density at radius 2 is 2.33 bits per heavy atom. The highest BCUT2D eigenvalue weighted by Crippen LogP contribution is 2.20. The molecule has 0 unspecified atom stereocenters. The lowest BCUT2D eigenvalue weighted by molar-refractivity contribution is -0.136. The standard InChI is InChI=1S/C18H26N4O2/c1-20(10-11-24-2)18(23)15-6-5-8-21(13-15)14-16-12-19-17-7-3-4-9-22(16)17/h3-4,7,9,12,15H,5-6,8,10-11,13-14H2,1-2H3/t15-/m1/s1. The molecule has 0 aromatic carbocycles. The molecular weight excluding hydrogens is 304 g/mol. The van der Waals surface area contributed by atoms with Crippen molar-refractivity contribution >= 4 is 11.6 Å². The first-order chi connectivity index (χ1) is 11.7. The van der Waals surface area contributed by atoms with Crippen LogP contribution in [0.3, 0.4) is 0 Å². The second kappa shape index (κ2) is 7.77. The van der Waals surface area contributed by atoms with Crippen molar-refractivity contribution in [2.75, 3.05) is 40.4 Å². The van der Waals surface area contributed by atoms with Crippen LogP contribution in [0.4, 0.5) is 0 Å². The molecule has 1 aliphatic rings. The molecule has 0 saturated carbocycles. The topological polar surface area (TPSA) is 50.1 Å². The molecule has 1 atom stereocenters. The van der Waals surface area contributed by atoms with Crippen molar-refractivity contribution in [2.45, 2.75) is 19.4 Å². The Hall–Kier alpha value is -1.92. The molecule has 6 heteroatoms. The minimum absolute atomic E-state index is 0.0831. The monoisotopic (exact) mass is 330 g/mol. The van der Waals surface area contributed by atoms with Gasteiger partial charge in [-0.15, -0.1) is 0 Å². The highest BCUT2D eigenvalue weighted by molar-refractivity contribution is 5.78. The van der Waals surface area contributed by atoms with Crippen LogP contribution in [0.2, 0.25) is 0 Å². The van der Waals surface area contributed by atoms with Crippen LogP contribution in [-0.2, 0) is 16.1 Å². The number of likely N-dealkylation sites (tertiary alicyclic amines) is 1. The summed E-state index contributed by atoms with van der Waals surface area (Å²) in [5.41, 5.74) is 2.14. The van der Waals surface area contributed by atoms with E-state index in [4.69, 9.17) is 4.74 Å². The molecule has 1 fully saturated rings. The highest BCUT2D eigenvalue weighted by atomic mass is 16.5. The summed E-state index contributed by atoms with van der Waals surface area (Å²) in [4.78, 5) is 21.2. The van der Waals surface area contributed by atoms with E-state index in [-0.39, 0.29) is 11.8 Å². The molecule has 1 aliphatic heterocycles. The number of likely N-dealkylation sites (N-methyl/N-ethyl adjacent to an activating group) is 1. The van der Waals surface area contributed by atoms with E-state index in [0.29, 0.717) is 13.2 Å². The molecule has 1 saturated heterocycles. The molecule has 0 N–H and O–H groups in total. The van der Waals surface area contributed by atoms with Crippen LogP contribution in [0.25, 0.3) is 5.65 Å². The van der Waals surface area contributed by atoms with Gasteiger partial charge in [-0.25, -0.2) is 4.98 Å². The van der Waals surface area contributed by atoms with Gasteiger partial charge in [-0.05, 0) is 31.5 Å². The molecule has 0 bridgehead atoms. The third-order valence-electron chi connectivity index (χ3n) is 4.74. The Balaban J connectivity index is 1.62. The van der Waals surface area contributed by atoms with Crippen molar-refractivity contribution in [3.63, 3.8) is 0 Å². The van der Waals surface area contributed by atoms with E-state index >= 15 is 0 Å². The number of carbonyl (C=O) groups is 1. The summed E-state index contributed by atoms with van der Waals surface area (Å²) in [6.07, 6.45) is 6.01. The molecule has 0 radical (unpaired) electrons. The van der Waals surface area contributed by atoms with Gasteiger partial charge in [0.05, 0.1) is 24.4 Å². The summed E-state index contributed by atoms with van der Waals surface area (Å²) in [6, 6.07) is 6.03. The van der Waals surface area contributed by atoms with Crippen LogP contribution in [0, 0.1) is 5.92 Å². The Bertz CT molecular complexity index is 684. The van der Waals surface area contributed by atoms with Gasteiger partial charge in [-0.1, -0.05) is 6.07 Å². The average molecular weight is 330 g/mol. The van der Waals surface area contributed by atoms with E-state index in [0.717, 1.165) is 38.1 Å². The number of amides is 1. The molecule has 0 aliphatic carbocycles. The van der Waals surface area contributed by atoms with Crippen LogP contribution in [-0.4, -0.2) is 65.5 Å². The molecule has 3 heterocycles. The van der Waals surface area contributed by atoms with Gasteiger partial charge in [0.15, 0.2) is 0 Å². The molecule has 2 aromatic heterocycles. The van der Waals surface area contributed by atoms with Gasteiger partial charge in [0.25, 0.3) is 0 Å². The number of ether oxygens (including phenoxy) is 1. The molecule has 130 valence electrons. The van der Waals surface area contributed by atoms with Crippen molar-refractivity contribution in [3.8, 4) is 0 Å². The van der Waals surface area contributed by atoms with Crippen LogP contribution in [0.1, 0.15) is 18.5 Å². The number of piperidine rings is 1. The molecular formula is C18H26N4O2. The van der Waals surface area contributed by atoms with Gasteiger partial charge in [-0.3, -0.25) is 9.69 Å². The summed E-state index contributed by atoms with van der Waals surface area (Å²) >= 11 is 0. The molecule has 0 spiro atoms. The molecule has 2 aromatic rings. The van der Waals surface area contributed by atoms with Crippen molar-refractivity contribution in [2.24, 2.45) is 5.92 Å². The zero-order chi connectivity index (χ0) is 16.9. The van der Waals surface area contributed by atoms with Crippen molar-refractivity contribution in [1.29, 1.82) is 0 Å². The maximum atomic E-state index is 12.6. The lowest BCUT2D eigenvalue weighted by atomic mass is 9.96. The van der Waals surface area contributed by atoms with E-state index in [2.05, 4.69) is 14.3 Å². The number of carbonyl (C=O) groups excluding carboxylic acids is 1. The van der Waals surface area contributed by atoms with Gasteiger partial charge in [-0.2, -0.15) is 0 Å². The highest BCUT2D eigenvalue weighted by Gasteiger charge is 2.28. The zero-order valence-corrected chi connectivity index (χ0v) is 14.5. The van der Waals surface area contributed by atoms with Crippen molar-refractivity contribution < 1.29 is 9.53 Å². The van der Waals surface area contributed by atoms with E-state index < -0.39 is 0 Å². The number of pyridine rings is 1. The van der Waals surface area contributed by atoms with Gasteiger partial charge in [0.1, 0.15) is 5.65 Å². The number of rotatable bonds is 6. The van der Waals surface area contributed by atoms with E-state index in [1.54, 1.807) is 12.0 Å². The van der Waals surface area contributed by atoms with E-state index in [9.17, 15) is 4.79 Å². The SMILES string of the molecule is COCCN(C)C(=O)[C@@H]1CCCN(Cc2cnc3ccccn23)C1. The van der Waals surface area contributed by atoms with Crippen LogP contribution >= 0.6 is 0 Å². The summed E-state index contributed by atoms with van der Waals surface area (Å²) in [6.45, 7) is 3.91. The van der Waals surface area contributed by atoms with E-state index in [1.807, 2.05) is 37.6 Å². The Kier molecular flexibility index (Phi) is 5.48. The third kappa shape index (κ3) is 3.76. The number of hydrogen-bond acceptors (Lipinski definition) is 4. The first kappa shape index (κ1) is 16.9. The summed E-state index contributed by atoms with van der Waals surface area (Å²) in [7, 11) is 3.53. The van der Waals surface area contributed by atoms with Crippen molar-refractivity contribution in [1.82, 2.24) is 19.2 Å². The number of nitrogens with zero attached hydrogens (tertiary/aromatic N) is 4. The summed E-state index contributed by atoms with van der Waals surface area (Å²) < 4.78 is 7.19. The maximum Gasteiger partial charge on any atom is 0.226 e. The van der Waals surface area contributed by atoms with Gasteiger partial charge >= 0.3 is 0 Å².